The Morgan fingerprint density at radius 2 is 1.46 bits per heavy atom. The molecule has 3 aliphatic carbocycles. The van der Waals surface area contributed by atoms with Crippen LogP contribution in [-0.2, 0) is 48.8 Å². The first-order valence-electron chi connectivity index (χ1n) is 19.6. The maximum Gasteiger partial charge on any atom is 0.366 e. The van der Waals surface area contributed by atoms with Gasteiger partial charge >= 0.3 is 11.9 Å². The van der Waals surface area contributed by atoms with Gasteiger partial charge in [-0.05, 0) is 80.0 Å². The third kappa shape index (κ3) is 5.89. The molecule has 9 nitrogen and oxygen atoms in total. The normalized spacial score (nSPS) is 35.3. The molecule has 4 fully saturated rings. The number of allylic oxidation sites excluding steroid dienone is 1. The highest BCUT2D eigenvalue weighted by Crippen LogP contribution is 2.76. The van der Waals surface area contributed by atoms with E-state index in [-0.39, 0.29) is 25.0 Å². The predicted octanol–water partition coefficient (Wildman–Crippen LogP) is 8.01. The van der Waals surface area contributed by atoms with Crippen LogP contribution >= 0.6 is 0 Å². The number of hydrogen-bond acceptors (Lipinski definition) is 9. The highest BCUT2D eigenvalue weighted by atomic mass is 28.4. The van der Waals surface area contributed by atoms with Gasteiger partial charge in [0.05, 0.1) is 56.4 Å². The molecule has 1 spiro atoms. The molecule has 1 aliphatic heterocycles. The van der Waals surface area contributed by atoms with Gasteiger partial charge in [0.25, 0.3) is 5.79 Å². The van der Waals surface area contributed by atoms with Crippen molar-refractivity contribution >= 4 is 34.4 Å². The van der Waals surface area contributed by atoms with Crippen molar-refractivity contribution in [3.8, 4) is 0 Å². The van der Waals surface area contributed by atoms with E-state index in [1.165, 1.54) is 14.2 Å². The number of benzene rings is 1. The van der Waals surface area contributed by atoms with E-state index in [9.17, 15) is 9.59 Å². The van der Waals surface area contributed by atoms with Gasteiger partial charge in [-0.3, -0.25) is 9.59 Å². The van der Waals surface area contributed by atoms with Gasteiger partial charge in [-0.2, -0.15) is 0 Å². The van der Waals surface area contributed by atoms with Crippen molar-refractivity contribution in [3.63, 3.8) is 0 Å². The largest absolute Gasteiger partial charge is 0.469 e. The van der Waals surface area contributed by atoms with Gasteiger partial charge < -0.3 is 27.8 Å². The molecule has 52 heavy (non-hydrogen) atoms. The second-order valence-electron chi connectivity index (χ2n) is 15.9. The molecule has 0 bridgehead atoms. The molecule has 0 N–H and O–H groups in total. The first-order chi connectivity index (χ1) is 24.8. The van der Waals surface area contributed by atoms with Crippen LogP contribution < -0.4 is 0 Å². The van der Waals surface area contributed by atoms with Crippen LogP contribution in [0.1, 0.15) is 73.3 Å². The molecule has 0 unspecified atom stereocenters. The number of ether oxygens (including phenoxy) is 4. The second kappa shape index (κ2) is 15.4. The van der Waals surface area contributed by atoms with Gasteiger partial charge in [0.15, 0.2) is 16.6 Å². The highest BCUT2D eigenvalue weighted by molar-refractivity contribution is 6.74. The van der Waals surface area contributed by atoms with Crippen molar-refractivity contribution in [2.75, 3.05) is 20.8 Å². The molecular weight excluding hydrogens is 693 g/mol. The van der Waals surface area contributed by atoms with Crippen LogP contribution in [0.4, 0.5) is 0 Å². The van der Waals surface area contributed by atoms with Gasteiger partial charge in [0, 0.05) is 11.3 Å². The monoisotopic (exact) mass is 754 g/mol. The Morgan fingerprint density at radius 1 is 0.904 bits per heavy atom. The Hall–Kier alpha value is -2.38. The minimum absolute atomic E-state index is 0.0340. The van der Waals surface area contributed by atoms with Gasteiger partial charge in [-0.1, -0.05) is 78.5 Å². The lowest BCUT2D eigenvalue weighted by atomic mass is 9.39. The minimum atomic E-state index is -2.37. The average Bonchev–Trinajstić information content (AvgIpc) is 3.76. The van der Waals surface area contributed by atoms with Crippen LogP contribution in [0.3, 0.4) is 0 Å². The number of hydrogen-bond donors (Lipinski definition) is 0. The molecule has 0 aromatic heterocycles. The van der Waals surface area contributed by atoms with Crippen molar-refractivity contribution in [2.24, 2.45) is 34.0 Å². The molecule has 1 aromatic rings. The summed E-state index contributed by atoms with van der Waals surface area (Å²) < 4.78 is 40.1. The zero-order chi connectivity index (χ0) is 38.2. The van der Waals surface area contributed by atoms with E-state index in [0.717, 1.165) is 41.8 Å². The predicted molar refractivity (Wildman–Crippen MR) is 204 cm³/mol. The summed E-state index contributed by atoms with van der Waals surface area (Å²) in [7, 11) is -1.93. The fourth-order valence-corrected chi connectivity index (χ4v) is 17.1. The number of Topliss-reactive ketones (excluding diaryl/α,β-unsaturated/α-hetero) is 1. The van der Waals surface area contributed by atoms with Crippen LogP contribution in [0.2, 0.25) is 36.3 Å². The molecule has 9 atom stereocenters. The van der Waals surface area contributed by atoms with Crippen molar-refractivity contribution in [3.05, 3.63) is 54.3 Å². The minimum Gasteiger partial charge on any atom is -0.469 e. The molecule has 0 radical (unpaired) electrons. The zero-order valence-electron chi connectivity index (χ0n) is 33.0. The molecule has 288 valence electrons. The van der Waals surface area contributed by atoms with Gasteiger partial charge in [0.1, 0.15) is 5.78 Å². The average molecular weight is 755 g/mol. The summed E-state index contributed by atoms with van der Waals surface area (Å²) in [6, 6.07) is 15.0. The van der Waals surface area contributed by atoms with Crippen LogP contribution in [0.5, 0.6) is 0 Å². The summed E-state index contributed by atoms with van der Waals surface area (Å²) in [4.78, 5) is 44.6. The topological polar surface area (TPSA) is 107 Å². The number of rotatable bonds is 16. The molecule has 3 saturated carbocycles. The van der Waals surface area contributed by atoms with E-state index < -0.39 is 74.6 Å². The SMILES string of the molecule is C=C=C[C@]1(C)C(=O)[C@@H]2CC[C@]3(C(=O)OC)[C@H](O[Si](CC)(CC)CC)C[C@H](O[Si](CC)(CC)CC)[C@@]4(CO[C@](OCc5ccccc5)(C(=O)OC)[C@H]41)[C@@H]23. The third-order valence-corrected chi connectivity index (χ3v) is 23.6. The molecule has 1 saturated heterocycles. The van der Waals surface area contributed by atoms with Crippen molar-refractivity contribution < 1.29 is 42.2 Å². The van der Waals surface area contributed by atoms with Gasteiger partial charge in [-0.25, -0.2) is 4.79 Å². The summed E-state index contributed by atoms with van der Waals surface area (Å²) in [6.45, 7) is 19.0. The number of carbonyl (C=O) groups excluding carboxylic acids is 3. The first kappa shape index (κ1) is 40.8. The van der Waals surface area contributed by atoms with Crippen molar-refractivity contribution in [1.29, 1.82) is 0 Å². The van der Waals surface area contributed by atoms with E-state index in [1.807, 2.05) is 37.3 Å². The molecule has 5 rings (SSSR count). The first-order valence-corrected chi connectivity index (χ1v) is 24.6. The van der Waals surface area contributed by atoms with Gasteiger partial charge in [0.2, 0.25) is 0 Å². The number of carbonyl (C=O) groups is 3. The molecule has 4 aliphatic rings. The summed E-state index contributed by atoms with van der Waals surface area (Å²) in [5.74, 6) is -5.26. The van der Waals surface area contributed by atoms with E-state index in [1.54, 1.807) is 6.08 Å². The van der Waals surface area contributed by atoms with E-state index in [0.29, 0.717) is 19.3 Å². The third-order valence-electron chi connectivity index (χ3n) is 14.3. The number of ketones is 1. The number of esters is 2. The van der Waals surface area contributed by atoms with Crippen molar-refractivity contribution in [1.82, 2.24) is 0 Å². The maximum absolute atomic E-state index is 15.4. The summed E-state index contributed by atoms with van der Waals surface area (Å²) in [5.41, 5.74) is 0.253. The van der Waals surface area contributed by atoms with Crippen LogP contribution in [0, 0.1) is 34.0 Å². The van der Waals surface area contributed by atoms with Gasteiger partial charge in [-0.15, -0.1) is 5.73 Å². The molecular formula is C41H62O9Si2. The molecule has 11 heteroatoms. The standard InChI is InChI=1S/C41H62O9Si2/c1-11-24-38(8)34(42)30-23-25-39(36(43)45-9)31(49-51(12-2,13-3)14-4)26-32(50-52(15-5,16-6)17-7)40(33(30)39)28-48-41(35(38)40,37(44)46-10)47-27-29-21-19-18-20-22-29/h18-22,24,30-33,35H,1,12-17,23,25-28H2,2-10H3/t30-,31-,32+,33+,35+,38-,39+,40+,41+/m1/s1. The Bertz CT molecular complexity index is 1500. The quantitative estimate of drug-likeness (QED) is 0.0943. The van der Waals surface area contributed by atoms with Crippen LogP contribution in [0.25, 0.3) is 0 Å². The lowest BCUT2D eigenvalue weighted by Crippen LogP contribution is -2.74. The Morgan fingerprint density at radius 3 is 1.98 bits per heavy atom. The van der Waals surface area contributed by atoms with E-state index in [4.69, 9.17) is 27.8 Å². The van der Waals surface area contributed by atoms with Crippen molar-refractivity contribution in [2.45, 2.75) is 129 Å². The zero-order valence-corrected chi connectivity index (χ0v) is 35.0. The molecule has 0 amide bonds. The summed E-state index contributed by atoms with van der Waals surface area (Å²) in [5, 5.41) is 0. The fourth-order valence-electron chi connectivity index (χ4n) is 11.3. The van der Waals surface area contributed by atoms with Crippen LogP contribution in [0.15, 0.2) is 48.7 Å². The lowest BCUT2D eigenvalue weighted by molar-refractivity contribution is -0.267. The highest BCUT2D eigenvalue weighted by Gasteiger charge is 2.85. The lowest BCUT2D eigenvalue weighted by Gasteiger charge is -2.65. The molecule has 1 heterocycles. The van der Waals surface area contributed by atoms with E-state index >= 15 is 4.79 Å². The Balaban J connectivity index is 1.86. The fraction of sp³-hybridized carbons (Fsp3) is 0.707. The Kier molecular flexibility index (Phi) is 12.1. The number of methoxy groups -OCH3 is 2. The summed E-state index contributed by atoms with van der Waals surface area (Å²) >= 11 is 0. The van der Waals surface area contributed by atoms with E-state index in [2.05, 4.69) is 53.9 Å². The smallest absolute Gasteiger partial charge is 0.366 e. The van der Waals surface area contributed by atoms with Crippen LogP contribution in [-0.4, -0.2) is 73.2 Å². The Labute approximate surface area is 313 Å². The molecule has 1 aromatic carbocycles. The summed E-state index contributed by atoms with van der Waals surface area (Å²) in [6.07, 6.45) is 1.98. The second-order valence-corrected chi connectivity index (χ2v) is 25.3. The maximum atomic E-state index is 15.4.